The van der Waals surface area contributed by atoms with Crippen LogP contribution in [0, 0.1) is 0 Å². The van der Waals surface area contributed by atoms with E-state index in [1.54, 1.807) is 54.6 Å². The molecule has 3 aromatic rings. The van der Waals surface area contributed by atoms with Crippen molar-refractivity contribution in [2.75, 3.05) is 11.9 Å². The summed E-state index contributed by atoms with van der Waals surface area (Å²) in [5.74, 6) is -0.327. The Labute approximate surface area is 178 Å². The minimum absolute atomic E-state index is 0.0244. The van der Waals surface area contributed by atoms with E-state index in [-0.39, 0.29) is 24.0 Å². The van der Waals surface area contributed by atoms with Gasteiger partial charge in [0.15, 0.2) is 6.10 Å². The summed E-state index contributed by atoms with van der Waals surface area (Å²) in [6.07, 6.45) is -1.57. The number of benzene rings is 3. The lowest BCUT2D eigenvalue weighted by molar-refractivity contribution is 0.0568. The zero-order valence-corrected chi connectivity index (χ0v) is 16.5. The van der Waals surface area contributed by atoms with Crippen molar-refractivity contribution in [3.63, 3.8) is 0 Å². The lowest BCUT2D eigenvalue weighted by Crippen LogP contribution is -2.26. The van der Waals surface area contributed by atoms with Crippen LogP contribution in [0.15, 0.2) is 72.8 Å². The summed E-state index contributed by atoms with van der Waals surface area (Å²) < 4.78 is 5.22. The van der Waals surface area contributed by atoms with Crippen LogP contribution in [0.5, 0.6) is 11.5 Å². The largest absolute Gasteiger partial charge is 0.508 e. The van der Waals surface area contributed by atoms with Crippen molar-refractivity contribution in [2.45, 2.75) is 12.6 Å². The van der Waals surface area contributed by atoms with E-state index in [9.17, 15) is 24.9 Å². The fraction of sp³-hybridized carbons (Fsp3) is 0.130. The average molecular weight is 422 g/mol. The molecule has 0 fully saturated rings. The van der Waals surface area contributed by atoms with Gasteiger partial charge < -0.3 is 30.7 Å². The molecule has 0 aliphatic carbocycles. The molecule has 3 aromatic carbocycles. The van der Waals surface area contributed by atoms with E-state index in [1.165, 1.54) is 18.2 Å². The van der Waals surface area contributed by atoms with Crippen LogP contribution in [-0.2, 0) is 11.3 Å². The number of alkyl carbamates (subject to hydrolysis) is 1. The Balaban J connectivity index is 1.52. The Morgan fingerprint density at radius 2 is 1.58 bits per heavy atom. The molecule has 2 amide bonds. The number of rotatable bonds is 7. The summed E-state index contributed by atoms with van der Waals surface area (Å²) in [4.78, 5) is 24.4. The first-order valence-corrected chi connectivity index (χ1v) is 9.49. The number of hydrogen-bond donors (Lipinski definition) is 5. The fourth-order valence-corrected chi connectivity index (χ4v) is 2.79. The van der Waals surface area contributed by atoms with Crippen LogP contribution < -0.4 is 10.6 Å². The highest BCUT2D eigenvalue weighted by Gasteiger charge is 2.16. The number of nitrogens with one attached hydrogen (secondary N) is 2. The number of para-hydroxylation sites is 2. The van der Waals surface area contributed by atoms with E-state index < -0.39 is 18.8 Å². The molecule has 5 N–H and O–H groups in total. The third kappa shape index (κ3) is 5.97. The van der Waals surface area contributed by atoms with Gasteiger partial charge in [-0.2, -0.15) is 0 Å². The molecule has 0 radical (unpaired) electrons. The number of hydrogen-bond acceptors (Lipinski definition) is 6. The number of anilines is 1. The van der Waals surface area contributed by atoms with Crippen LogP contribution >= 0.6 is 0 Å². The van der Waals surface area contributed by atoms with E-state index in [4.69, 9.17) is 4.74 Å². The van der Waals surface area contributed by atoms with Crippen molar-refractivity contribution in [3.05, 3.63) is 89.5 Å². The van der Waals surface area contributed by atoms with Gasteiger partial charge in [0, 0.05) is 12.1 Å². The Hall–Kier alpha value is -4.04. The number of carbonyl (C=O) groups is 2. The van der Waals surface area contributed by atoms with Crippen molar-refractivity contribution < 1.29 is 29.6 Å². The first kappa shape index (κ1) is 21.7. The summed E-state index contributed by atoms with van der Waals surface area (Å²) >= 11 is 0. The number of carbonyl (C=O) groups excluding carboxylic acids is 2. The first-order valence-electron chi connectivity index (χ1n) is 9.49. The predicted octanol–water partition coefficient (Wildman–Crippen LogP) is 3.31. The zero-order chi connectivity index (χ0) is 22.2. The number of ether oxygens (including phenoxy) is 1. The van der Waals surface area contributed by atoms with Gasteiger partial charge in [0.25, 0.3) is 5.91 Å². The number of aromatic hydroxyl groups is 2. The molecule has 0 saturated heterocycles. The summed E-state index contributed by atoms with van der Waals surface area (Å²) in [5, 5.41) is 33.7. The number of aliphatic hydroxyl groups is 1. The van der Waals surface area contributed by atoms with Crippen molar-refractivity contribution in [1.29, 1.82) is 0 Å². The van der Waals surface area contributed by atoms with Crippen LogP contribution in [0.4, 0.5) is 10.5 Å². The van der Waals surface area contributed by atoms with E-state index >= 15 is 0 Å². The van der Waals surface area contributed by atoms with Crippen molar-refractivity contribution in [3.8, 4) is 11.5 Å². The van der Waals surface area contributed by atoms with Crippen LogP contribution in [0.2, 0.25) is 0 Å². The number of amides is 2. The SMILES string of the molecule is O=C(NCc1ccc(C(=O)Nc2ccccc2O)cc1)O[C@H](CO)c1ccc(O)cc1. The van der Waals surface area contributed by atoms with Crippen molar-refractivity contribution >= 4 is 17.7 Å². The smallest absolute Gasteiger partial charge is 0.408 e. The second kappa shape index (κ2) is 10.1. The van der Waals surface area contributed by atoms with E-state index in [2.05, 4.69) is 10.6 Å². The summed E-state index contributed by atoms with van der Waals surface area (Å²) in [6, 6.07) is 19.0. The molecule has 0 unspecified atom stereocenters. The maximum absolute atomic E-state index is 12.3. The molecule has 3 rings (SSSR count). The normalized spacial score (nSPS) is 11.4. The molecule has 0 spiro atoms. The van der Waals surface area contributed by atoms with Gasteiger partial charge in [0.1, 0.15) is 11.5 Å². The molecule has 0 aromatic heterocycles. The molecular weight excluding hydrogens is 400 g/mol. The zero-order valence-electron chi connectivity index (χ0n) is 16.5. The molecule has 31 heavy (non-hydrogen) atoms. The van der Waals surface area contributed by atoms with Crippen LogP contribution in [0.25, 0.3) is 0 Å². The standard InChI is InChI=1S/C23H22N2O6/c26-14-21(16-9-11-18(27)12-10-16)31-23(30)24-13-15-5-7-17(8-6-15)22(29)25-19-3-1-2-4-20(19)28/h1-12,21,26-28H,13-14H2,(H,24,30)(H,25,29)/t21-/m1/s1. The third-order valence-corrected chi connectivity index (χ3v) is 4.49. The highest BCUT2D eigenvalue weighted by Crippen LogP contribution is 2.22. The highest BCUT2D eigenvalue weighted by molar-refractivity contribution is 6.05. The molecule has 0 aliphatic heterocycles. The van der Waals surface area contributed by atoms with Crippen molar-refractivity contribution in [2.24, 2.45) is 0 Å². The second-order valence-electron chi connectivity index (χ2n) is 6.69. The van der Waals surface area contributed by atoms with Gasteiger partial charge in [-0.3, -0.25) is 4.79 Å². The van der Waals surface area contributed by atoms with Gasteiger partial charge in [-0.1, -0.05) is 36.4 Å². The van der Waals surface area contributed by atoms with Gasteiger partial charge >= 0.3 is 6.09 Å². The third-order valence-electron chi connectivity index (χ3n) is 4.49. The lowest BCUT2D eigenvalue weighted by Gasteiger charge is -2.16. The predicted molar refractivity (Wildman–Crippen MR) is 114 cm³/mol. The van der Waals surface area contributed by atoms with Gasteiger partial charge in [-0.05, 0) is 47.5 Å². The van der Waals surface area contributed by atoms with Gasteiger partial charge in [0.05, 0.1) is 12.3 Å². The molecule has 1 atom stereocenters. The molecule has 8 heteroatoms. The Bertz CT molecular complexity index is 1030. The van der Waals surface area contributed by atoms with Gasteiger partial charge in [0.2, 0.25) is 0 Å². The fourth-order valence-electron chi connectivity index (χ4n) is 2.79. The molecule has 8 nitrogen and oxygen atoms in total. The van der Waals surface area contributed by atoms with E-state index in [0.29, 0.717) is 16.8 Å². The van der Waals surface area contributed by atoms with Crippen LogP contribution in [0.1, 0.15) is 27.6 Å². The van der Waals surface area contributed by atoms with Crippen molar-refractivity contribution in [1.82, 2.24) is 5.32 Å². The molecule has 160 valence electrons. The summed E-state index contributed by atoms with van der Waals surface area (Å²) in [6.45, 7) is -0.243. The van der Waals surface area contributed by atoms with E-state index in [1.807, 2.05) is 0 Å². The monoisotopic (exact) mass is 422 g/mol. The van der Waals surface area contributed by atoms with Crippen LogP contribution in [-0.4, -0.2) is 33.9 Å². The molecule has 0 heterocycles. The topological polar surface area (TPSA) is 128 Å². The summed E-state index contributed by atoms with van der Waals surface area (Å²) in [5.41, 5.74) is 1.99. The maximum Gasteiger partial charge on any atom is 0.408 e. The lowest BCUT2D eigenvalue weighted by atomic mass is 10.1. The van der Waals surface area contributed by atoms with E-state index in [0.717, 1.165) is 5.56 Å². The minimum Gasteiger partial charge on any atom is -0.508 e. The summed E-state index contributed by atoms with van der Waals surface area (Å²) in [7, 11) is 0. The number of phenolic OH excluding ortho intramolecular Hbond substituents is 2. The molecule has 0 bridgehead atoms. The Morgan fingerprint density at radius 3 is 2.23 bits per heavy atom. The minimum atomic E-state index is -0.860. The van der Waals surface area contributed by atoms with Gasteiger partial charge in [-0.15, -0.1) is 0 Å². The Kier molecular flexibility index (Phi) is 7.08. The highest BCUT2D eigenvalue weighted by atomic mass is 16.6. The Morgan fingerprint density at radius 1 is 0.903 bits per heavy atom. The second-order valence-corrected chi connectivity index (χ2v) is 6.69. The average Bonchev–Trinajstić information content (AvgIpc) is 2.78. The van der Waals surface area contributed by atoms with Crippen LogP contribution in [0.3, 0.4) is 0 Å². The van der Waals surface area contributed by atoms with Gasteiger partial charge in [-0.25, -0.2) is 4.79 Å². The molecular formula is C23H22N2O6. The molecule has 0 saturated carbocycles. The maximum atomic E-state index is 12.3. The first-order chi connectivity index (χ1) is 15.0. The quantitative estimate of drug-likeness (QED) is 0.372. The number of aliphatic hydroxyl groups excluding tert-OH is 1. The molecule has 0 aliphatic rings. The number of phenols is 2.